The van der Waals surface area contributed by atoms with E-state index in [9.17, 15) is 0 Å². The van der Waals surface area contributed by atoms with Gasteiger partial charge in [0.2, 0.25) is 0 Å². The van der Waals surface area contributed by atoms with Gasteiger partial charge in [-0.15, -0.1) is 0 Å². The molecule has 0 aromatic heterocycles. The zero-order chi connectivity index (χ0) is 8.72. The Morgan fingerprint density at radius 2 is 2.17 bits per heavy atom. The van der Waals surface area contributed by atoms with Gasteiger partial charge in [0.25, 0.3) is 0 Å². The third-order valence-corrected chi connectivity index (χ3v) is 3.61. The van der Waals surface area contributed by atoms with E-state index in [4.69, 9.17) is 4.74 Å². The molecule has 1 saturated heterocycles. The van der Waals surface area contributed by atoms with Crippen LogP contribution in [-0.2, 0) is 4.74 Å². The van der Waals surface area contributed by atoms with Crippen molar-refractivity contribution in [3.05, 3.63) is 12.2 Å². The number of hydrogen-bond donors (Lipinski definition) is 0. The summed E-state index contributed by atoms with van der Waals surface area (Å²) in [7, 11) is 0. The fraction of sp³-hybridized carbons (Fsp3) is 0.818. The maximum atomic E-state index is 5.72. The quantitative estimate of drug-likeness (QED) is 0.503. The van der Waals surface area contributed by atoms with Crippen LogP contribution in [0.4, 0.5) is 0 Å². The monoisotopic (exact) mass is 166 g/mol. The highest BCUT2D eigenvalue weighted by Gasteiger charge is 2.37. The molecule has 1 heteroatoms. The molecule has 2 fully saturated rings. The number of hydrogen-bond acceptors (Lipinski definition) is 1. The van der Waals surface area contributed by atoms with Crippen molar-refractivity contribution in [2.24, 2.45) is 17.8 Å². The zero-order valence-electron chi connectivity index (χ0n) is 8.05. The van der Waals surface area contributed by atoms with Gasteiger partial charge in [0, 0.05) is 5.92 Å². The fourth-order valence-corrected chi connectivity index (χ4v) is 2.60. The van der Waals surface area contributed by atoms with E-state index in [0.717, 1.165) is 18.4 Å². The standard InChI is InChI=1S/C11H18O/c1-7-4-8(2)11-5-10(7)6-12-9(11)3/h7,9-11H,2,4-6H2,1,3H3/t7-,9-,10-,11+/m0/s1. The van der Waals surface area contributed by atoms with Gasteiger partial charge in [-0.25, -0.2) is 0 Å². The smallest absolute Gasteiger partial charge is 0.0612 e. The first-order chi connectivity index (χ1) is 5.68. The summed E-state index contributed by atoms with van der Waals surface area (Å²) in [6.07, 6.45) is 2.96. The molecule has 1 aliphatic carbocycles. The van der Waals surface area contributed by atoms with Crippen LogP contribution in [0.2, 0.25) is 0 Å². The lowest BCUT2D eigenvalue weighted by Gasteiger charge is -2.43. The highest BCUT2D eigenvalue weighted by molar-refractivity contribution is 5.10. The maximum Gasteiger partial charge on any atom is 0.0612 e. The largest absolute Gasteiger partial charge is 0.378 e. The molecule has 0 amide bonds. The molecule has 1 aliphatic heterocycles. The van der Waals surface area contributed by atoms with Crippen molar-refractivity contribution >= 4 is 0 Å². The van der Waals surface area contributed by atoms with E-state index in [1.165, 1.54) is 18.4 Å². The van der Waals surface area contributed by atoms with Crippen molar-refractivity contribution in [2.45, 2.75) is 32.8 Å². The van der Waals surface area contributed by atoms with Crippen LogP contribution in [0.15, 0.2) is 12.2 Å². The first kappa shape index (κ1) is 8.31. The average molecular weight is 166 g/mol. The minimum absolute atomic E-state index is 0.418. The second-order valence-corrected chi connectivity index (χ2v) is 4.48. The highest BCUT2D eigenvalue weighted by Crippen LogP contribution is 2.42. The molecule has 2 aliphatic rings. The van der Waals surface area contributed by atoms with E-state index >= 15 is 0 Å². The van der Waals surface area contributed by atoms with Crippen LogP contribution in [-0.4, -0.2) is 12.7 Å². The van der Waals surface area contributed by atoms with Crippen LogP contribution in [0.25, 0.3) is 0 Å². The molecule has 0 aromatic rings. The van der Waals surface area contributed by atoms with E-state index in [1.807, 2.05) is 0 Å². The first-order valence-electron chi connectivity index (χ1n) is 4.97. The summed E-state index contributed by atoms with van der Waals surface area (Å²) in [5, 5.41) is 0. The van der Waals surface area contributed by atoms with Gasteiger partial charge in [-0.3, -0.25) is 0 Å². The molecular formula is C11H18O. The molecule has 4 atom stereocenters. The normalized spacial score (nSPS) is 47.7. The predicted octanol–water partition coefficient (Wildman–Crippen LogP) is 2.62. The van der Waals surface area contributed by atoms with Crippen LogP contribution in [0.3, 0.4) is 0 Å². The van der Waals surface area contributed by atoms with Gasteiger partial charge in [-0.2, -0.15) is 0 Å². The van der Waals surface area contributed by atoms with E-state index in [-0.39, 0.29) is 0 Å². The lowest BCUT2D eigenvalue weighted by Crippen LogP contribution is -2.40. The molecule has 2 bridgehead atoms. The van der Waals surface area contributed by atoms with Crippen LogP contribution >= 0.6 is 0 Å². The van der Waals surface area contributed by atoms with Gasteiger partial charge in [-0.1, -0.05) is 19.1 Å². The van der Waals surface area contributed by atoms with E-state index in [0.29, 0.717) is 12.0 Å². The average Bonchev–Trinajstić information content (AvgIpc) is 2.03. The number of ether oxygens (including phenoxy) is 1. The van der Waals surface area contributed by atoms with Crippen LogP contribution in [0, 0.1) is 17.8 Å². The Labute approximate surface area is 74.8 Å². The Kier molecular flexibility index (Phi) is 1.99. The summed E-state index contributed by atoms with van der Waals surface area (Å²) < 4.78 is 5.72. The predicted molar refractivity (Wildman–Crippen MR) is 49.9 cm³/mol. The van der Waals surface area contributed by atoms with E-state index in [2.05, 4.69) is 20.4 Å². The van der Waals surface area contributed by atoms with Gasteiger partial charge >= 0.3 is 0 Å². The molecule has 0 aromatic carbocycles. The minimum Gasteiger partial charge on any atom is -0.378 e. The highest BCUT2D eigenvalue weighted by atomic mass is 16.5. The Bertz CT molecular complexity index is 197. The zero-order valence-corrected chi connectivity index (χ0v) is 8.05. The van der Waals surface area contributed by atoms with Crippen molar-refractivity contribution in [2.75, 3.05) is 6.61 Å². The maximum absolute atomic E-state index is 5.72. The van der Waals surface area contributed by atoms with E-state index in [1.54, 1.807) is 0 Å². The Morgan fingerprint density at radius 1 is 1.42 bits per heavy atom. The summed E-state index contributed by atoms with van der Waals surface area (Å²) in [5.41, 5.74) is 1.42. The fourth-order valence-electron chi connectivity index (χ4n) is 2.60. The molecule has 2 rings (SSSR count). The van der Waals surface area contributed by atoms with Crippen LogP contribution in [0.5, 0.6) is 0 Å². The SMILES string of the molecule is C=C1C[C@H](C)[C@@H]2CO[C@@H](C)[C@@H]1C2. The van der Waals surface area contributed by atoms with Gasteiger partial charge in [-0.05, 0) is 31.6 Å². The molecule has 12 heavy (non-hydrogen) atoms. The van der Waals surface area contributed by atoms with Gasteiger partial charge < -0.3 is 4.74 Å². The summed E-state index contributed by atoms with van der Waals surface area (Å²) in [4.78, 5) is 0. The Balaban J connectivity index is 2.14. The van der Waals surface area contributed by atoms with Crippen molar-refractivity contribution < 1.29 is 4.74 Å². The number of rotatable bonds is 0. The third-order valence-electron chi connectivity index (χ3n) is 3.61. The van der Waals surface area contributed by atoms with Crippen molar-refractivity contribution in [3.8, 4) is 0 Å². The van der Waals surface area contributed by atoms with Crippen LogP contribution in [0.1, 0.15) is 26.7 Å². The molecule has 0 radical (unpaired) electrons. The Morgan fingerprint density at radius 3 is 2.92 bits per heavy atom. The molecule has 0 spiro atoms. The molecule has 0 unspecified atom stereocenters. The molecule has 68 valence electrons. The first-order valence-corrected chi connectivity index (χ1v) is 4.97. The molecule has 1 heterocycles. The van der Waals surface area contributed by atoms with Gasteiger partial charge in [0.15, 0.2) is 0 Å². The summed E-state index contributed by atoms with van der Waals surface area (Å²) >= 11 is 0. The second kappa shape index (κ2) is 2.88. The molecular weight excluding hydrogens is 148 g/mol. The van der Waals surface area contributed by atoms with Crippen molar-refractivity contribution in [3.63, 3.8) is 0 Å². The summed E-state index contributed by atoms with van der Waals surface area (Å²) in [6.45, 7) is 9.64. The molecule has 0 N–H and O–H groups in total. The molecule has 1 saturated carbocycles. The van der Waals surface area contributed by atoms with Crippen LogP contribution < -0.4 is 0 Å². The topological polar surface area (TPSA) is 9.23 Å². The summed E-state index contributed by atoms with van der Waals surface area (Å²) in [6, 6.07) is 0. The Hall–Kier alpha value is -0.300. The lowest BCUT2D eigenvalue weighted by molar-refractivity contribution is -0.0626. The minimum atomic E-state index is 0.418. The van der Waals surface area contributed by atoms with Gasteiger partial charge in [0.05, 0.1) is 12.7 Å². The third kappa shape index (κ3) is 1.20. The van der Waals surface area contributed by atoms with E-state index < -0.39 is 0 Å². The summed E-state index contributed by atoms with van der Waals surface area (Å²) in [5.74, 6) is 2.25. The molecule has 1 nitrogen and oxygen atoms in total. The van der Waals surface area contributed by atoms with Crippen molar-refractivity contribution in [1.29, 1.82) is 0 Å². The second-order valence-electron chi connectivity index (χ2n) is 4.48. The van der Waals surface area contributed by atoms with Crippen molar-refractivity contribution in [1.82, 2.24) is 0 Å². The van der Waals surface area contributed by atoms with Gasteiger partial charge in [0.1, 0.15) is 0 Å². The lowest BCUT2D eigenvalue weighted by atomic mass is 9.69. The number of fused-ring (bicyclic) bond motifs is 2.